The molecule has 0 aliphatic heterocycles. The van der Waals surface area contributed by atoms with Gasteiger partial charge in [0.1, 0.15) is 23.6 Å². The van der Waals surface area contributed by atoms with Crippen molar-refractivity contribution in [1.82, 2.24) is 4.98 Å². The molecule has 1 aromatic carbocycles. The van der Waals surface area contributed by atoms with Crippen LogP contribution < -0.4 is 4.74 Å². The first-order valence-corrected chi connectivity index (χ1v) is 11.1. The fourth-order valence-corrected chi connectivity index (χ4v) is 3.63. The van der Waals surface area contributed by atoms with Crippen LogP contribution in [0.25, 0.3) is 0 Å². The van der Waals surface area contributed by atoms with Crippen LogP contribution in [-0.2, 0) is 14.4 Å². The minimum atomic E-state index is -0.439. The van der Waals surface area contributed by atoms with Crippen molar-refractivity contribution in [2.75, 3.05) is 12.9 Å². The van der Waals surface area contributed by atoms with Gasteiger partial charge in [0.15, 0.2) is 17.3 Å². The monoisotopic (exact) mass is 440 g/mol. The van der Waals surface area contributed by atoms with Gasteiger partial charge in [-0.1, -0.05) is 11.2 Å². The number of aliphatic hydroxyl groups excluding tert-OH is 1. The van der Waals surface area contributed by atoms with E-state index < -0.39 is 17.3 Å². The highest BCUT2D eigenvalue weighted by molar-refractivity contribution is 7.98. The molecule has 0 saturated heterocycles. The molecule has 1 N–H and O–H groups in total. The number of hydrogen-bond acceptors (Lipinski definition) is 8. The lowest BCUT2D eigenvalue weighted by atomic mass is 9.81. The maximum atomic E-state index is 12.6. The van der Waals surface area contributed by atoms with Crippen molar-refractivity contribution in [3.63, 3.8) is 0 Å². The average Bonchev–Trinajstić information content (AvgIpc) is 2.77. The van der Waals surface area contributed by atoms with Crippen LogP contribution in [0.4, 0.5) is 0 Å². The maximum absolute atomic E-state index is 12.6. The van der Waals surface area contributed by atoms with E-state index in [0.717, 1.165) is 4.90 Å². The van der Waals surface area contributed by atoms with E-state index in [1.165, 1.54) is 6.92 Å². The summed E-state index contributed by atoms with van der Waals surface area (Å²) in [5, 5.41) is 14.0. The van der Waals surface area contributed by atoms with Crippen molar-refractivity contribution in [1.29, 1.82) is 0 Å². The summed E-state index contributed by atoms with van der Waals surface area (Å²) in [7, 11) is 0. The van der Waals surface area contributed by atoms with Crippen molar-refractivity contribution in [3.05, 3.63) is 59.5 Å². The van der Waals surface area contributed by atoms with Gasteiger partial charge in [-0.15, -0.1) is 11.8 Å². The quantitative estimate of drug-likeness (QED) is 0.164. The van der Waals surface area contributed by atoms with Gasteiger partial charge in [0.05, 0.1) is 0 Å². The first kappa shape index (κ1) is 22.6. The second-order valence-electron chi connectivity index (χ2n) is 6.95. The fraction of sp³-hybridized carbons (Fsp3) is 0.304. The molecule has 0 unspecified atom stereocenters. The van der Waals surface area contributed by atoms with E-state index in [1.807, 2.05) is 30.5 Å². The Bertz CT molecular complexity index is 1010. The summed E-state index contributed by atoms with van der Waals surface area (Å²) in [6.07, 6.45) is 2.12. The molecule has 1 heterocycles. The Kier molecular flexibility index (Phi) is 7.46. The van der Waals surface area contributed by atoms with Crippen LogP contribution in [0.15, 0.2) is 63.8 Å². The largest absolute Gasteiger partial charge is 0.505 e. The number of hydrogen-bond donors (Lipinski definition) is 1. The highest BCUT2D eigenvalue weighted by atomic mass is 32.2. The van der Waals surface area contributed by atoms with E-state index >= 15 is 0 Å². The number of thioether (sulfide) groups is 1. The van der Waals surface area contributed by atoms with E-state index in [4.69, 9.17) is 9.57 Å². The zero-order chi connectivity index (χ0) is 22.4. The lowest BCUT2D eigenvalue weighted by molar-refractivity contribution is -0.124. The topological polar surface area (TPSA) is 98.1 Å². The maximum Gasteiger partial charge on any atom is 0.219 e. The predicted molar refractivity (Wildman–Crippen MR) is 119 cm³/mol. The van der Waals surface area contributed by atoms with Crippen LogP contribution in [0.3, 0.4) is 0 Å². The molecule has 1 aromatic heterocycles. The van der Waals surface area contributed by atoms with E-state index in [-0.39, 0.29) is 30.0 Å². The minimum absolute atomic E-state index is 0.0614. The van der Waals surface area contributed by atoms with Crippen LogP contribution in [0, 0.1) is 0 Å². The summed E-state index contributed by atoms with van der Waals surface area (Å²) in [5.41, 5.74) is 0.467. The first-order chi connectivity index (χ1) is 14.9. The number of carbonyl (C=O) groups excluding carboxylic acids is 2. The Labute approximate surface area is 185 Å². The van der Waals surface area contributed by atoms with Crippen LogP contribution in [0.2, 0.25) is 0 Å². The van der Waals surface area contributed by atoms with E-state index in [0.29, 0.717) is 23.9 Å². The molecule has 0 radical (unpaired) electrons. The number of benzene rings is 1. The molecule has 0 spiro atoms. The SMILES string of the molecule is CCON=C(C)C(O)=C1C(=O)CC(c2cccc(Oc3ccc(SC)cc3)n2)CC1=O. The number of pyridine rings is 1. The van der Waals surface area contributed by atoms with Gasteiger partial charge in [-0.2, -0.15) is 0 Å². The van der Waals surface area contributed by atoms with E-state index in [1.54, 1.807) is 36.9 Å². The lowest BCUT2D eigenvalue weighted by Gasteiger charge is -2.22. The summed E-state index contributed by atoms with van der Waals surface area (Å²) in [6, 6.07) is 12.9. The van der Waals surface area contributed by atoms with Gasteiger partial charge in [0.25, 0.3) is 0 Å². The highest BCUT2D eigenvalue weighted by Crippen LogP contribution is 2.33. The molecule has 1 fully saturated rings. The number of ketones is 2. The molecule has 3 rings (SSSR count). The van der Waals surface area contributed by atoms with Crippen LogP contribution in [-0.4, -0.2) is 40.2 Å². The third-order valence-electron chi connectivity index (χ3n) is 4.78. The van der Waals surface area contributed by atoms with Gasteiger partial charge in [-0.25, -0.2) is 4.98 Å². The molecule has 1 saturated carbocycles. The number of carbonyl (C=O) groups is 2. The molecule has 7 nitrogen and oxygen atoms in total. The number of oxime groups is 1. The highest BCUT2D eigenvalue weighted by Gasteiger charge is 2.35. The second kappa shape index (κ2) is 10.3. The van der Waals surface area contributed by atoms with Crippen molar-refractivity contribution in [3.8, 4) is 11.6 Å². The molecular weight excluding hydrogens is 416 g/mol. The molecule has 1 aliphatic rings. The van der Waals surface area contributed by atoms with Gasteiger partial charge in [0, 0.05) is 35.4 Å². The number of ether oxygens (including phenoxy) is 1. The van der Waals surface area contributed by atoms with Gasteiger partial charge >= 0.3 is 0 Å². The Balaban J connectivity index is 1.77. The van der Waals surface area contributed by atoms with E-state index in [9.17, 15) is 14.7 Å². The fourth-order valence-electron chi connectivity index (χ4n) is 3.22. The molecule has 2 aromatic rings. The molecule has 0 amide bonds. The zero-order valence-corrected chi connectivity index (χ0v) is 18.4. The lowest BCUT2D eigenvalue weighted by Crippen LogP contribution is -2.28. The smallest absolute Gasteiger partial charge is 0.219 e. The number of aromatic nitrogens is 1. The molecule has 1 aliphatic carbocycles. The van der Waals surface area contributed by atoms with Gasteiger partial charge in [-0.3, -0.25) is 9.59 Å². The summed E-state index contributed by atoms with van der Waals surface area (Å²) in [5.74, 6) is -0.657. The number of aliphatic hydroxyl groups is 1. The third kappa shape index (κ3) is 5.52. The third-order valence-corrected chi connectivity index (χ3v) is 5.52. The Morgan fingerprint density at radius 2 is 1.84 bits per heavy atom. The van der Waals surface area contributed by atoms with Crippen molar-refractivity contribution < 1.29 is 24.3 Å². The van der Waals surface area contributed by atoms with Gasteiger partial charge < -0.3 is 14.7 Å². The normalized spacial score (nSPS) is 16.9. The number of rotatable bonds is 7. The van der Waals surface area contributed by atoms with Crippen LogP contribution in [0.5, 0.6) is 11.6 Å². The Morgan fingerprint density at radius 3 is 2.45 bits per heavy atom. The second-order valence-corrected chi connectivity index (χ2v) is 7.83. The Hall–Kier alpha value is -3.13. The molecule has 31 heavy (non-hydrogen) atoms. The summed E-state index contributed by atoms with van der Waals surface area (Å²) in [4.78, 5) is 35.8. The molecule has 8 heteroatoms. The number of Topliss-reactive ketones (excluding diaryl/α,β-unsaturated/α-hetero) is 2. The molecule has 0 bridgehead atoms. The minimum Gasteiger partial charge on any atom is -0.505 e. The standard InChI is InChI=1S/C23H24N2O5S/c1-4-29-25-14(2)23(28)22-19(26)12-15(13-20(22)27)18-6-5-7-21(24-18)30-16-8-10-17(31-3)11-9-16/h5-11,15,28H,4,12-13H2,1-3H3. The molecular formula is C23H24N2O5S. The van der Waals surface area contributed by atoms with Crippen LogP contribution >= 0.6 is 11.8 Å². The van der Waals surface area contributed by atoms with Crippen molar-refractivity contribution in [2.24, 2.45) is 5.16 Å². The molecule has 0 atom stereocenters. The van der Waals surface area contributed by atoms with E-state index in [2.05, 4.69) is 10.1 Å². The number of nitrogens with zero attached hydrogens (tertiary/aromatic N) is 2. The van der Waals surface area contributed by atoms with Crippen LogP contribution in [0.1, 0.15) is 38.3 Å². The molecule has 162 valence electrons. The first-order valence-electron chi connectivity index (χ1n) is 9.88. The predicted octanol–water partition coefficient (Wildman–Crippen LogP) is 4.84. The summed E-state index contributed by atoms with van der Waals surface area (Å²) >= 11 is 1.64. The van der Waals surface area contributed by atoms with Crippen molar-refractivity contribution >= 4 is 29.0 Å². The average molecular weight is 441 g/mol. The summed E-state index contributed by atoms with van der Waals surface area (Å²) < 4.78 is 5.82. The van der Waals surface area contributed by atoms with Gasteiger partial charge in [0.2, 0.25) is 5.88 Å². The van der Waals surface area contributed by atoms with Gasteiger partial charge in [-0.05, 0) is 50.4 Å². The summed E-state index contributed by atoms with van der Waals surface area (Å²) in [6.45, 7) is 3.54. The van der Waals surface area contributed by atoms with Crippen molar-refractivity contribution in [2.45, 2.75) is 37.5 Å². The zero-order valence-electron chi connectivity index (χ0n) is 17.6. The number of allylic oxidation sites excluding steroid dienone is 2. The Morgan fingerprint density at radius 1 is 1.16 bits per heavy atom.